The second kappa shape index (κ2) is 64.4. The van der Waals surface area contributed by atoms with E-state index >= 15 is 0 Å². The lowest BCUT2D eigenvalue weighted by molar-refractivity contribution is 0.845. The minimum atomic E-state index is 1.01. The minimum Gasteiger partial charge on any atom is -0.103 e. The highest BCUT2D eigenvalue weighted by atomic mass is 13.9. The Kier molecular flexibility index (Phi) is 95.9. The summed E-state index contributed by atoms with van der Waals surface area (Å²) in [6.45, 7) is 31.1. The maximum Gasteiger partial charge on any atom is -0.0172 e. The van der Waals surface area contributed by atoms with Crippen LogP contribution in [-0.2, 0) is 0 Å². The minimum absolute atomic E-state index is 1.01. The third kappa shape index (κ3) is 68.1. The topological polar surface area (TPSA) is 0 Å². The molecule has 0 amide bonds. The Morgan fingerprint density at radius 2 is 1.30 bits per heavy atom. The fourth-order valence-electron chi connectivity index (χ4n) is 1.34. The third-order valence-corrected chi connectivity index (χ3v) is 2.45. The normalized spacial score (nSPS) is 8.74. The van der Waals surface area contributed by atoms with Gasteiger partial charge in [-0.2, -0.15) is 0 Å². The molecule has 0 N–H and O–H groups in total. The second-order valence-electron chi connectivity index (χ2n) is 4.03. The number of unbranched alkanes of at least 4 members (excludes halogenated alkanes) is 1. The van der Waals surface area contributed by atoms with Gasteiger partial charge in [0.25, 0.3) is 0 Å². The molecule has 162 valence electrons. The van der Waals surface area contributed by atoms with E-state index in [-0.39, 0.29) is 0 Å². The van der Waals surface area contributed by atoms with Gasteiger partial charge in [0.2, 0.25) is 0 Å². The Morgan fingerprint density at radius 1 is 0.778 bits per heavy atom. The fourth-order valence-corrected chi connectivity index (χ4v) is 1.34. The van der Waals surface area contributed by atoms with E-state index in [1.807, 2.05) is 79.7 Å². The zero-order valence-corrected chi connectivity index (χ0v) is 20.8. The SMILES string of the molecule is C=C/C=C\CCCC(C=C)=CC.C=CCC=CCC.CC.CC.CC.CC. The van der Waals surface area contributed by atoms with Crippen LogP contribution in [0.4, 0.5) is 0 Å². The van der Waals surface area contributed by atoms with E-state index < -0.39 is 0 Å². The molecule has 0 aliphatic rings. The van der Waals surface area contributed by atoms with E-state index in [0.29, 0.717) is 0 Å². The largest absolute Gasteiger partial charge is 0.103 e. The van der Waals surface area contributed by atoms with Gasteiger partial charge < -0.3 is 0 Å². The quantitative estimate of drug-likeness (QED) is 0.212. The lowest BCUT2D eigenvalue weighted by atomic mass is 10.1. The molecular weight excluding hydrogens is 324 g/mol. The smallest absolute Gasteiger partial charge is 0.0172 e. The molecule has 0 nitrogen and oxygen atoms in total. The highest BCUT2D eigenvalue weighted by Crippen LogP contribution is 2.08. The summed E-state index contributed by atoms with van der Waals surface area (Å²) in [6.07, 6.45) is 21.7. The molecule has 0 radical (unpaired) electrons. The molecule has 27 heavy (non-hydrogen) atoms. The maximum atomic E-state index is 3.74. The first-order valence-electron chi connectivity index (χ1n) is 11.1. The highest BCUT2D eigenvalue weighted by molar-refractivity contribution is 5.14. The summed E-state index contributed by atoms with van der Waals surface area (Å²) >= 11 is 0. The van der Waals surface area contributed by atoms with Crippen molar-refractivity contribution in [3.63, 3.8) is 0 Å². The Balaban J connectivity index is -0.0000000626. The summed E-state index contributed by atoms with van der Waals surface area (Å²) in [5.74, 6) is 0. The van der Waals surface area contributed by atoms with Crippen LogP contribution in [0.15, 0.2) is 73.9 Å². The fraction of sp³-hybridized carbons (Fsp3) is 0.556. The van der Waals surface area contributed by atoms with Gasteiger partial charge in [-0.1, -0.05) is 130 Å². The summed E-state index contributed by atoms with van der Waals surface area (Å²) in [6, 6.07) is 0. The van der Waals surface area contributed by atoms with Gasteiger partial charge in [-0.05, 0) is 39.0 Å². The van der Waals surface area contributed by atoms with Crippen molar-refractivity contribution in [2.45, 2.75) is 101 Å². The van der Waals surface area contributed by atoms with Crippen LogP contribution in [0.5, 0.6) is 0 Å². The first-order chi connectivity index (χ1) is 13.3. The standard InChI is InChI=1S/C12H18.C7H12.4C2H6/c1-4-7-8-9-10-11-12(5-2)6-3;1-3-5-7-6-4-2;4*1-2/h4-8H,1-2,9-11H2,3H3;3,6-7H,1,4-5H2,2H3;4*1-2H3/b8-7-,12-6?;;;;;. The van der Waals surface area contributed by atoms with Crippen molar-refractivity contribution in [2.24, 2.45) is 0 Å². The lowest BCUT2D eigenvalue weighted by Gasteiger charge is -1.97. The van der Waals surface area contributed by atoms with E-state index in [9.17, 15) is 0 Å². The first-order valence-corrected chi connectivity index (χ1v) is 11.1. The van der Waals surface area contributed by atoms with Crippen molar-refractivity contribution < 1.29 is 0 Å². The van der Waals surface area contributed by atoms with E-state index in [1.165, 1.54) is 12.0 Å². The van der Waals surface area contributed by atoms with Gasteiger partial charge in [-0.15, -0.1) is 6.58 Å². The van der Waals surface area contributed by atoms with Crippen molar-refractivity contribution in [2.75, 3.05) is 0 Å². The molecule has 0 bridgehead atoms. The predicted molar refractivity (Wildman–Crippen MR) is 137 cm³/mol. The summed E-state index contributed by atoms with van der Waals surface area (Å²) in [7, 11) is 0. The Labute approximate surface area is 175 Å². The van der Waals surface area contributed by atoms with E-state index in [2.05, 4.69) is 57.9 Å². The van der Waals surface area contributed by atoms with E-state index in [1.54, 1.807) is 0 Å². The Hall–Kier alpha value is -1.56. The van der Waals surface area contributed by atoms with Crippen LogP contribution in [0.1, 0.15) is 101 Å². The van der Waals surface area contributed by atoms with Crippen molar-refractivity contribution in [1.29, 1.82) is 0 Å². The van der Waals surface area contributed by atoms with Crippen molar-refractivity contribution in [1.82, 2.24) is 0 Å². The Bertz CT molecular complexity index is 300. The molecule has 0 aliphatic heterocycles. The second-order valence-corrected chi connectivity index (χ2v) is 4.03. The Morgan fingerprint density at radius 3 is 1.63 bits per heavy atom. The summed E-state index contributed by atoms with van der Waals surface area (Å²) < 4.78 is 0. The zero-order valence-electron chi connectivity index (χ0n) is 20.8. The molecule has 0 heteroatoms. The monoisotopic (exact) mass is 378 g/mol. The zero-order chi connectivity index (χ0) is 22.8. The summed E-state index contributed by atoms with van der Waals surface area (Å²) in [5, 5.41) is 0. The summed E-state index contributed by atoms with van der Waals surface area (Å²) in [5.41, 5.74) is 1.34. The third-order valence-electron chi connectivity index (χ3n) is 2.45. The molecule has 0 saturated carbocycles. The van der Waals surface area contributed by atoms with E-state index in [0.717, 1.165) is 25.7 Å². The van der Waals surface area contributed by atoms with Gasteiger partial charge in [-0.3, -0.25) is 0 Å². The van der Waals surface area contributed by atoms with Crippen LogP contribution in [0, 0.1) is 0 Å². The molecule has 0 saturated heterocycles. The molecule has 0 spiro atoms. The molecule has 0 atom stereocenters. The molecule has 0 aliphatic carbocycles. The van der Waals surface area contributed by atoms with Crippen LogP contribution in [0.25, 0.3) is 0 Å². The van der Waals surface area contributed by atoms with Crippen LogP contribution < -0.4 is 0 Å². The molecule has 0 unspecified atom stereocenters. The van der Waals surface area contributed by atoms with Crippen molar-refractivity contribution >= 4 is 0 Å². The van der Waals surface area contributed by atoms with E-state index in [4.69, 9.17) is 0 Å². The summed E-state index contributed by atoms with van der Waals surface area (Å²) in [4.78, 5) is 0. The van der Waals surface area contributed by atoms with Gasteiger partial charge in [-0.25, -0.2) is 0 Å². The number of allylic oxidation sites excluding steroid dienone is 9. The molecule has 0 aromatic heterocycles. The van der Waals surface area contributed by atoms with Crippen LogP contribution in [0.3, 0.4) is 0 Å². The van der Waals surface area contributed by atoms with Gasteiger partial charge in [0.1, 0.15) is 0 Å². The number of hydrogen-bond donors (Lipinski definition) is 0. The molecule has 0 aromatic rings. The predicted octanol–water partition coefficient (Wildman–Crippen LogP) is 10.7. The van der Waals surface area contributed by atoms with Crippen LogP contribution in [-0.4, -0.2) is 0 Å². The maximum absolute atomic E-state index is 3.74. The van der Waals surface area contributed by atoms with Gasteiger partial charge >= 0.3 is 0 Å². The van der Waals surface area contributed by atoms with Gasteiger partial charge in [0.15, 0.2) is 0 Å². The molecule has 0 rings (SSSR count). The van der Waals surface area contributed by atoms with Gasteiger partial charge in [0.05, 0.1) is 0 Å². The van der Waals surface area contributed by atoms with Crippen molar-refractivity contribution in [3.8, 4) is 0 Å². The van der Waals surface area contributed by atoms with Crippen LogP contribution >= 0.6 is 0 Å². The molecule has 0 aromatic carbocycles. The average molecular weight is 379 g/mol. The number of hydrogen-bond acceptors (Lipinski definition) is 0. The molecule has 0 fully saturated rings. The highest BCUT2D eigenvalue weighted by Gasteiger charge is 1.88. The first kappa shape index (κ1) is 40.2. The molecule has 0 heterocycles. The molecular formula is C27H54. The number of rotatable bonds is 9. The lowest BCUT2D eigenvalue weighted by Crippen LogP contribution is -1.77. The van der Waals surface area contributed by atoms with Crippen molar-refractivity contribution in [3.05, 3.63) is 73.9 Å². The average Bonchev–Trinajstić information content (AvgIpc) is 2.77. The van der Waals surface area contributed by atoms with Gasteiger partial charge in [0, 0.05) is 0 Å². The van der Waals surface area contributed by atoms with Crippen LogP contribution in [0.2, 0.25) is 0 Å².